The normalized spacial score (nSPS) is 18.6. The number of hydrogen-bond donors (Lipinski definition) is 3. The zero-order valence-electron chi connectivity index (χ0n) is 13.2. The third-order valence-electron chi connectivity index (χ3n) is 4.13. The number of nitrogens with one attached hydrogen (secondary N) is 2. The van der Waals surface area contributed by atoms with Crippen molar-refractivity contribution in [3.63, 3.8) is 0 Å². The summed E-state index contributed by atoms with van der Waals surface area (Å²) in [6.07, 6.45) is -0.401. The number of benzene rings is 1. The van der Waals surface area contributed by atoms with Crippen LogP contribution in [-0.2, 0) is 13.1 Å². The summed E-state index contributed by atoms with van der Waals surface area (Å²) in [4.78, 5) is 0. The summed E-state index contributed by atoms with van der Waals surface area (Å²) in [5, 5.41) is 21.0. The summed E-state index contributed by atoms with van der Waals surface area (Å²) >= 11 is 0. The van der Waals surface area contributed by atoms with Gasteiger partial charge in [-0.2, -0.15) is 5.10 Å². The Balaban J connectivity index is 1.47. The fraction of sp³-hybridized carbons (Fsp3) is 0.471. The second kappa shape index (κ2) is 6.50. The summed E-state index contributed by atoms with van der Waals surface area (Å²) in [6, 6.07) is 10.2. The van der Waals surface area contributed by atoms with Crippen molar-refractivity contribution >= 4 is 5.82 Å². The molecule has 2 atom stereocenters. The summed E-state index contributed by atoms with van der Waals surface area (Å²) in [5.41, 5.74) is 3.26. The van der Waals surface area contributed by atoms with E-state index in [1.54, 1.807) is 6.92 Å². The predicted octanol–water partition coefficient (Wildman–Crippen LogP) is 2.08. The summed E-state index contributed by atoms with van der Waals surface area (Å²) < 4.78 is 2.06. The quantitative estimate of drug-likeness (QED) is 0.791. The predicted molar refractivity (Wildman–Crippen MR) is 87.7 cm³/mol. The molecule has 0 saturated heterocycles. The molecule has 0 amide bonds. The van der Waals surface area contributed by atoms with E-state index in [4.69, 9.17) is 0 Å². The Morgan fingerprint density at radius 3 is 2.91 bits per heavy atom. The van der Waals surface area contributed by atoms with E-state index in [-0.39, 0.29) is 0 Å². The standard InChI is InChI=1S/C17H24N4O/c1-12-7-17-19-10-15(11-21(17)20-12)9-18-8-14-3-5-16(6-4-14)13(2)22/h3-7,13,15,18-19,22H,8-11H2,1-2H3/t13-,15+/m1/s1. The smallest absolute Gasteiger partial charge is 0.124 e. The first-order chi connectivity index (χ1) is 10.6. The maximum Gasteiger partial charge on any atom is 0.124 e. The Morgan fingerprint density at radius 2 is 2.18 bits per heavy atom. The van der Waals surface area contributed by atoms with Crippen LogP contribution in [0.3, 0.4) is 0 Å². The van der Waals surface area contributed by atoms with Gasteiger partial charge in [-0.05, 0) is 25.0 Å². The van der Waals surface area contributed by atoms with Gasteiger partial charge in [0.25, 0.3) is 0 Å². The summed E-state index contributed by atoms with van der Waals surface area (Å²) in [7, 11) is 0. The number of aliphatic hydroxyl groups is 1. The Bertz CT molecular complexity index is 618. The fourth-order valence-electron chi connectivity index (χ4n) is 2.86. The van der Waals surface area contributed by atoms with Crippen LogP contribution in [0, 0.1) is 12.8 Å². The van der Waals surface area contributed by atoms with Crippen LogP contribution in [0.15, 0.2) is 30.3 Å². The maximum absolute atomic E-state index is 9.51. The van der Waals surface area contributed by atoms with Crippen LogP contribution < -0.4 is 10.6 Å². The van der Waals surface area contributed by atoms with E-state index < -0.39 is 6.10 Å². The van der Waals surface area contributed by atoms with Crippen LogP contribution in [0.1, 0.15) is 29.8 Å². The van der Waals surface area contributed by atoms with Gasteiger partial charge >= 0.3 is 0 Å². The molecule has 1 aliphatic heterocycles. The molecule has 0 unspecified atom stereocenters. The molecule has 2 aromatic rings. The first kappa shape index (κ1) is 15.1. The highest BCUT2D eigenvalue weighted by molar-refractivity contribution is 5.38. The molecule has 0 fully saturated rings. The molecule has 1 aliphatic rings. The average Bonchev–Trinajstić information content (AvgIpc) is 2.87. The number of hydrogen-bond acceptors (Lipinski definition) is 4. The third-order valence-corrected chi connectivity index (χ3v) is 4.13. The number of fused-ring (bicyclic) bond motifs is 1. The van der Waals surface area contributed by atoms with E-state index in [0.29, 0.717) is 5.92 Å². The third kappa shape index (κ3) is 3.48. The van der Waals surface area contributed by atoms with E-state index >= 15 is 0 Å². The zero-order chi connectivity index (χ0) is 15.5. The molecule has 0 bridgehead atoms. The highest BCUT2D eigenvalue weighted by atomic mass is 16.3. The molecule has 0 radical (unpaired) electrons. The zero-order valence-corrected chi connectivity index (χ0v) is 13.2. The highest BCUT2D eigenvalue weighted by Gasteiger charge is 2.18. The van der Waals surface area contributed by atoms with Gasteiger partial charge in [0.15, 0.2) is 0 Å². The molecule has 2 heterocycles. The van der Waals surface area contributed by atoms with Crippen molar-refractivity contribution in [2.45, 2.75) is 33.0 Å². The molecule has 0 saturated carbocycles. The molecule has 22 heavy (non-hydrogen) atoms. The van der Waals surface area contributed by atoms with Crippen molar-refractivity contribution in [3.05, 3.63) is 47.2 Å². The minimum absolute atomic E-state index is 0.401. The second-order valence-electron chi connectivity index (χ2n) is 6.15. The maximum atomic E-state index is 9.51. The number of aromatic nitrogens is 2. The van der Waals surface area contributed by atoms with Gasteiger partial charge in [0.2, 0.25) is 0 Å². The van der Waals surface area contributed by atoms with E-state index in [9.17, 15) is 5.11 Å². The van der Waals surface area contributed by atoms with Gasteiger partial charge < -0.3 is 15.7 Å². The highest BCUT2D eigenvalue weighted by Crippen LogP contribution is 2.18. The molecular formula is C17H24N4O. The van der Waals surface area contributed by atoms with E-state index in [2.05, 4.69) is 38.6 Å². The minimum atomic E-state index is -0.401. The Kier molecular flexibility index (Phi) is 4.45. The van der Waals surface area contributed by atoms with Gasteiger partial charge in [0.05, 0.1) is 11.8 Å². The largest absolute Gasteiger partial charge is 0.389 e. The van der Waals surface area contributed by atoms with E-state index in [0.717, 1.165) is 43.3 Å². The number of aryl methyl sites for hydroxylation is 1. The lowest BCUT2D eigenvalue weighted by Gasteiger charge is -2.25. The van der Waals surface area contributed by atoms with Gasteiger partial charge in [-0.15, -0.1) is 0 Å². The SMILES string of the molecule is Cc1cc2n(n1)C[C@@H](CNCc1ccc([C@@H](C)O)cc1)CN2. The summed E-state index contributed by atoms with van der Waals surface area (Å²) in [6.45, 7) is 7.57. The van der Waals surface area contributed by atoms with Crippen molar-refractivity contribution in [1.82, 2.24) is 15.1 Å². The molecule has 3 N–H and O–H groups in total. The molecule has 5 nitrogen and oxygen atoms in total. The number of rotatable bonds is 5. The fourth-order valence-corrected chi connectivity index (χ4v) is 2.86. The van der Waals surface area contributed by atoms with Crippen LogP contribution in [-0.4, -0.2) is 28.0 Å². The molecule has 118 valence electrons. The second-order valence-corrected chi connectivity index (χ2v) is 6.15. The lowest BCUT2D eigenvalue weighted by Crippen LogP contribution is -2.35. The average molecular weight is 300 g/mol. The molecule has 1 aromatic carbocycles. The minimum Gasteiger partial charge on any atom is -0.389 e. The Labute approximate surface area is 131 Å². The Hall–Kier alpha value is -1.85. The van der Waals surface area contributed by atoms with Gasteiger partial charge in [-0.25, -0.2) is 4.68 Å². The molecule has 5 heteroatoms. The Morgan fingerprint density at radius 1 is 1.41 bits per heavy atom. The molecule has 0 aliphatic carbocycles. The number of anilines is 1. The monoisotopic (exact) mass is 300 g/mol. The van der Waals surface area contributed by atoms with Crippen LogP contribution in [0.4, 0.5) is 5.82 Å². The van der Waals surface area contributed by atoms with Crippen LogP contribution in [0.2, 0.25) is 0 Å². The lowest BCUT2D eigenvalue weighted by atomic mass is 10.1. The van der Waals surface area contributed by atoms with Gasteiger partial charge in [0, 0.05) is 38.2 Å². The first-order valence-electron chi connectivity index (χ1n) is 7.88. The van der Waals surface area contributed by atoms with Crippen LogP contribution in [0.25, 0.3) is 0 Å². The van der Waals surface area contributed by atoms with Crippen LogP contribution >= 0.6 is 0 Å². The molecule has 0 spiro atoms. The number of nitrogens with zero attached hydrogens (tertiary/aromatic N) is 2. The van der Waals surface area contributed by atoms with Gasteiger partial charge in [0.1, 0.15) is 5.82 Å². The van der Waals surface area contributed by atoms with Crippen molar-refractivity contribution in [1.29, 1.82) is 0 Å². The summed E-state index contributed by atoms with van der Waals surface area (Å²) in [5.74, 6) is 1.67. The van der Waals surface area contributed by atoms with Crippen molar-refractivity contribution in [2.24, 2.45) is 5.92 Å². The first-order valence-corrected chi connectivity index (χ1v) is 7.88. The van der Waals surface area contributed by atoms with E-state index in [1.807, 2.05) is 19.1 Å². The van der Waals surface area contributed by atoms with E-state index in [1.165, 1.54) is 5.56 Å². The van der Waals surface area contributed by atoms with Crippen molar-refractivity contribution < 1.29 is 5.11 Å². The lowest BCUT2D eigenvalue weighted by molar-refractivity contribution is 0.199. The molecular weight excluding hydrogens is 276 g/mol. The van der Waals surface area contributed by atoms with Gasteiger partial charge in [-0.3, -0.25) is 0 Å². The topological polar surface area (TPSA) is 62.1 Å². The van der Waals surface area contributed by atoms with Crippen molar-refractivity contribution in [2.75, 3.05) is 18.4 Å². The van der Waals surface area contributed by atoms with Gasteiger partial charge in [-0.1, -0.05) is 24.3 Å². The molecule has 3 rings (SSSR count). The number of aliphatic hydroxyl groups excluding tert-OH is 1. The van der Waals surface area contributed by atoms with Crippen molar-refractivity contribution in [3.8, 4) is 0 Å². The van der Waals surface area contributed by atoms with Crippen LogP contribution in [0.5, 0.6) is 0 Å². The molecule has 1 aromatic heterocycles.